The molecule has 4 nitrogen and oxygen atoms in total. The van der Waals surface area contributed by atoms with Crippen LogP contribution < -0.4 is 5.32 Å². The van der Waals surface area contributed by atoms with Crippen LogP contribution in [-0.4, -0.2) is 50.7 Å². The van der Waals surface area contributed by atoms with E-state index in [1.165, 1.54) is 0 Å². The number of carbonyl (C=O) groups is 1. The van der Waals surface area contributed by atoms with Crippen molar-refractivity contribution in [2.75, 3.05) is 33.9 Å². The summed E-state index contributed by atoms with van der Waals surface area (Å²) >= 11 is 0. The van der Waals surface area contributed by atoms with Gasteiger partial charge in [0, 0.05) is 14.2 Å². The van der Waals surface area contributed by atoms with Crippen molar-refractivity contribution < 1.29 is 9.53 Å². The zero-order chi connectivity index (χ0) is 11.0. The zero-order valence-corrected chi connectivity index (χ0v) is 9.04. The summed E-state index contributed by atoms with van der Waals surface area (Å²) in [4.78, 5) is 13.1. The minimum Gasteiger partial charge on any atom is -0.383 e. The van der Waals surface area contributed by atoms with Crippen molar-refractivity contribution in [3.8, 4) is 12.3 Å². The Hall–Kier alpha value is -1.05. The van der Waals surface area contributed by atoms with Crippen LogP contribution in [-0.2, 0) is 9.53 Å². The molecule has 0 spiro atoms. The molecule has 0 saturated heterocycles. The summed E-state index contributed by atoms with van der Waals surface area (Å²) in [5.74, 6) is 2.43. The summed E-state index contributed by atoms with van der Waals surface area (Å²) < 4.78 is 4.95. The first kappa shape index (κ1) is 12.9. The Morgan fingerprint density at radius 2 is 2.36 bits per heavy atom. The summed E-state index contributed by atoms with van der Waals surface area (Å²) in [6.07, 6.45) is 5.04. The Labute approximate surface area is 85.6 Å². The van der Waals surface area contributed by atoms with Gasteiger partial charge in [-0.15, -0.1) is 6.42 Å². The van der Waals surface area contributed by atoms with Crippen molar-refractivity contribution in [2.24, 2.45) is 0 Å². The maximum Gasteiger partial charge on any atom is 0.236 e. The molecule has 0 aromatic carbocycles. The number of terminal acetylenes is 1. The van der Waals surface area contributed by atoms with Gasteiger partial charge in [-0.05, 0) is 6.92 Å². The maximum atomic E-state index is 11.5. The number of nitrogens with zero attached hydrogens (tertiary/aromatic N) is 1. The second-order valence-electron chi connectivity index (χ2n) is 3.12. The molecule has 0 bridgehead atoms. The van der Waals surface area contributed by atoms with Crippen LogP contribution in [0.25, 0.3) is 0 Å². The molecule has 0 aromatic rings. The fourth-order valence-corrected chi connectivity index (χ4v) is 0.965. The predicted molar refractivity (Wildman–Crippen MR) is 55.8 cm³/mol. The minimum atomic E-state index is 0.0183. The normalized spacial score (nSPS) is 11.9. The Balaban J connectivity index is 3.81. The molecule has 0 heterocycles. The van der Waals surface area contributed by atoms with Crippen molar-refractivity contribution in [3.05, 3.63) is 0 Å². The molecule has 0 aromatic heterocycles. The van der Waals surface area contributed by atoms with E-state index in [1.807, 2.05) is 6.92 Å². The van der Waals surface area contributed by atoms with Crippen LogP contribution in [0.4, 0.5) is 0 Å². The zero-order valence-electron chi connectivity index (χ0n) is 9.04. The Bertz CT molecular complexity index is 211. The summed E-state index contributed by atoms with van der Waals surface area (Å²) in [5, 5.41) is 2.84. The smallest absolute Gasteiger partial charge is 0.236 e. The van der Waals surface area contributed by atoms with E-state index >= 15 is 0 Å². The van der Waals surface area contributed by atoms with Gasteiger partial charge in [0.25, 0.3) is 0 Å². The molecule has 80 valence electrons. The van der Waals surface area contributed by atoms with Gasteiger partial charge in [-0.1, -0.05) is 5.92 Å². The van der Waals surface area contributed by atoms with E-state index in [9.17, 15) is 4.79 Å². The summed E-state index contributed by atoms with van der Waals surface area (Å²) in [6, 6.07) is 0.0835. The molecule has 14 heavy (non-hydrogen) atoms. The topological polar surface area (TPSA) is 41.6 Å². The standard InChI is InChI=1S/C10H18N2O2/c1-5-6-11-7-10(13)12(3)9(2)8-14-4/h1,9,11H,6-8H2,2-4H3. The number of methoxy groups -OCH3 is 1. The van der Waals surface area contributed by atoms with Crippen LogP contribution in [0.5, 0.6) is 0 Å². The van der Waals surface area contributed by atoms with E-state index < -0.39 is 0 Å². The number of carbonyl (C=O) groups excluding carboxylic acids is 1. The van der Waals surface area contributed by atoms with Crippen LogP contribution in [0.2, 0.25) is 0 Å². The summed E-state index contributed by atoms with van der Waals surface area (Å²) in [7, 11) is 3.37. The number of rotatable bonds is 6. The average molecular weight is 198 g/mol. The number of nitrogens with one attached hydrogen (secondary N) is 1. The Morgan fingerprint density at radius 1 is 1.71 bits per heavy atom. The van der Waals surface area contributed by atoms with Gasteiger partial charge in [0.05, 0.1) is 25.7 Å². The fraction of sp³-hybridized carbons (Fsp3) is 0.700. The highest BCUT2D eigenvalue weighted by atomic mass is 16.5. The molecule has 1 amide bonds. The molecule has 0 saturated carbocycles. The van der Waals surface area contributed by atoms with Gasteiger partial charge in [0.1, 0.15) is 0 Å². The van der Waals surface area contributed by atoms with Gasteiger partial charge in [-0.3, -0.25) is 10.1 Å². The van der Waals surface area contributed by atoms with Crippen molar-refractivity contribution in [2.45, 2.75) is 13.0 Å². The first-order valence-corrected chi connectivity index (χ1v) is 4.52. The second-order valence-corrected chi connectivity index (χ2v) is 3.12. The molecule has 4 heteroatoms. The van der Waals surface area contributed by atoms with Crippen LogP contribution in [0, 0.1) is 12.3 Å². The van der Waals surface area contributed by atoms with Gasteiger partial charge in [0.15, 0.2) is 0 Å². The molecule has 0 aliphatic carbocycles. The molecule has 0 rings (SSSR count). The molecule has 1 atom stereocenters. The van der Waals surface area contributed by atoms with Crippen LogP contribution in [0.15, 0.2) is 0 Å². The molecular weight excluding hydrogens is 180 g/mol. The van der Waals surface area contributed by atoms with Crippen LogP contribution >= 0.6 is 0 Å². The third-order valence-electron chi connectivity index (χ3n) is 1.97. The summed E-state index contributed by atoms with van der Waals surface area (Å²) in [5.41, 5.74) is 0. The Morgan fingerprint density at radius 3 is 2.86 bits per heavy atom. The molecule has 0 aliphatic heterocycles. The van der Waals surface area contributed by atoms with Crippen molar-refractivity contribution in [1.29, 1.82) is 0 Å². The lowest BCUT2D eigenvalue weighted by Crippen LogP contribution is -2.42. The number of likely N-dealkylation sites (N-methyl/N-ethyl adjacent to an activating group) is 1. The number of hydrogen-bond donors (Lipinski definition) is 1. The van der Waals surface area contributed by atoms with Crippen molar-refractivity contribution in [3.63, 3.8) is 0 Å². The lowest BCUT2D eigenvalue weighted by molar-refractivity contribution is -0.131. The number of ether oxygens (including phenoxy) is 1. The largest absolute Gasteiger partial charge is 0.383 e. The monoisotopic (exact) mass is 198 g/mol. The highest BCUT2D eigenvalue weighted by Gasteiger charge is 2.14. The second kappa shape index (κ2) is 7.36. The average Bonchev–Trinajstić information content (AvgIpc) is 2.17. The summed E-state index contributed by atoms with van der Waals surface area (Å²) in [6.45, 7) is 3.16. The number of amides is 1. The van der Waals surface area contributed by atoms with E-state index in [0.29, 0.717) is 13.2 Å². The van der Waals surface area contributed by atoms with Crippen molar-refractivity contribution >= 4 is 5.91 Å². The molecule has 1 unspecified atom stereocenters. The first-order chi connectivity index (χ1) is 6.63. The third kappa shape index (κ3) is 4.85. The van der Waals surface area contributed by atoms with E-state index in [1.54, 1.807) is 19.1 Å². The molecule has 0 radical (unpaired) electrons. The lowest BCUT2D eigenvalue weighted by atomic mass is 10.3. The van der Waals surface area contributed by atoms with Gasteiger partial charge in [-0.2, -0.15) is 0 Å². The number of hydrogen-bond acceptors (Lipinski definition) is 3. The molecule has 0 aliphatic rings. The SMILES string of the molecule is C#CCNCC(=O)N(C)C(C)COC. The fourth-order valence-electron chi connectivity index (χ4n) is 0.965. The van der Waals surface area contributed by atoms with Gasteiger partial charge >= 0.3 is 0 Å². The van der Waals surface area contributed by atoms with Crippen molar-refractivity contribution in [1.82, 2.24) is 10.2 Å². The van der Waals surface area contributed by atoms with Gasteiger partial charge < -0.3 is 9.64 Å². The highest BCUT2D eigenvalue weighted by Crippen LogP contribution is 1.95. The first-order valence-electron chi connectivity index (χ1n) is 4.52. The molecular formula is C10H18N2O2. The van der Waals surface area contributed by atoms with E-state index in [4.69, 9.17) is 11.2 Å². The highest BCUT2D eigenvalue weighted by molar-refractivity contribution is 5.78. The molecule has 0 fully saturated rings. The van der Waals surface area contributed by atoms with Gasteiger partial charge in [-0.25, -0.2) is 0 Å². The van der Waals surface area contributed by atoms with Gasteiger partial charge in [0.2, 0.25) is 5.91 Å². The van der Waals surface area contributed by atoms with E-state index in [0.717, 1.165) is 0 Å². The van der Waals surface area contributed by atoms with Crippen LogP contribution in [0.3, 0.4) is 0 Å². The van der Waals surface area contributed by atoms with E-state index in [2.05, 4.69) is 11.2 Å². The minimum absolute atomic E-state index is 0.0183. The Kier molecular flexibility index (Phi) is 6.81. The van der Waals surface area contributed by atoms with E-state index in [-0.39, 0.29) is 18.5 Å². The maximum absolute atomic E-state index is 11.5. The van der Waals surface area contributed by atoms with Crippen LogP contribution in [0.1, 0.15) is 6.92 Å². The third-order valence-corrected chi connectivity index (χ3v) is 1.97. The lowest BCUT2D eigenvalue weighted by Gasteiger charge is -2.24. The molecule has 1 N–H and O–H groups in total. The quantitative estimate of drug-likeness (QED) is 0.471. The predicted octanol–water partition coefficient (Wildman–Crippen LogP) is -0.297.